The summed E-state index contributed by atoms with van der Waals surface area (Å²) in [5, 5.41) is 2.24. The van der Waals surface area contributed by atoms with Crippen molar-refractivity contribution >= 4 is 96.2 Å². The second kappa shape index (κ2) is 18.1. The Balaban J connectivity index is 1.12. The van der Waals surface area contributed by atoms with Gasteiger partial charge in [-0.1, -0.05) is 208 Å². The van der Waals surface area contributed by atoms with E-state index < -0.39 is 0 Å². The Bertz CT molecular complexity index is 4060. The van der Waals surface area contributed by atoms with Crippen LogP contribution in [0.15, 0.2) is 229 Å². The van der Waals surface area contributed by atoms with E-state index in [0.29, 0.717) is 0 Å². The third-order valence-corrected chi connectivity index (χ3v) is 16.1. The fourth-order valence-corrected chi connectivity index (χ4v) is 12.0. The Kier molecular flexibility index (Phi) is 11.3. The fourth-order valence-electron chi connectivity index (χ4n) is 12.0. The molecule has 0 fully saturated rings. The lowest BCUT2D eigenvalue weighted by Gasteiger charge is -2.45. The molecule has 5 heteroatoms. The first kappa shape index (κ1) is 48.1. The molecule has 0 unspecified atom stereocenters. The van der Waals surface area contributed by atoms with E-state index in [4.69, 9.17) is 4.42 Å². The summed E-state index contributed by atoms with van der Waals surface area (Å²) in [7, 11) is 0. The molecule has 13 rings (SSSR count). The van der Waals surface area contributed by atoms with Gasteiger partial charge >= 0.3 is 0 Å². The van der Waals surface area contributed by atoms with Gasteiger partial charge in [-0.15, -0.1) is 0 Å². The molecule has 11 aromatic rings. The van der Waals surface area contributed by atoms with Gasteiger partial charge in [-0.05, 0) is 139 Å². The molecule has 0 atom stereocenters. The number of anilines is 9. The molecule has 376 valence electrons. The van der Waals surface area contributed by atoms with Gasteiger partial charge in [0.1, 0.15) is 11.2 Å². The van der Waals surface area contributed by atoms with Crippen LogP contribution in [0.1, 0.15) is 79.0 Å². The standard InChI is InChI=1S/C72H64BN3O/c1-70(2,3)49-34-37-53(38-35-49)75-63-41-36-50(71(4,5)6)43-61(63)73-60-40-39-55(74(52-25-14-11-15-26-52)62-32-18-16-28-56(62)47-22-12-10-13-23-47)46-64(60)76(66-45-51(72(7,8)9)44-65(75)68(66)73)54-27-20-24-48(42-54)57-30-21-31-59-58-29-17-19-33-67(58)77-69(57)59/h10-46H,1-9H3. The quantitative estimate of drug-likeness (QED) is 0.148. The van der Waals surface area contributed by atoms with Crippen molar-refractivity contribution in [3.63, 3.8) is 0 Å². The van der Waals surface area contributed by atoms with E-state index in [9.17, 15) is 0 Å². The molecule has 77 heavy (non-hydrogen) atoms. The number of benzene rings is 10. The molecule has 0 bridgehead atoms. The van der Waals surface area contributed by atoms with Crippen molar-refractivity contribution in [2.24, 2.45) is 0 Å². The molecule has 0 amide bonds. The van der Waals surface area contributed by atoms with Gasteiger partial charge in [0.15, 0.2) is 0 Å². The minimum Gasteiger partial charge on any atom is -0.455 e. The van der Waals surface area contributed by atoms with Crippen LogP contribution < -0.4 is 31.1 Å². The number of para-hydroxylation sites is 4. The summed E-state index contributed by atoms with van der Waals surface area (Å²) in [6.45, 7) is 20.9. The van der Waals surface area contributed by atoms with Gasteiger partial charge < -0.3 is 19.1 Å². The molecule has 0 radical (unpaired) electrons. The Labute approximate surface area is 455 Å². The van der Waals surface area contributed by atoms with E-state index in [0.717, 1.165) is 72.8 Å². The summed E-state index contributed by atoms with van der Waals surface area (Å²) in [6.07, 6.45) is 0. The number of rotatable bonds is 7. The SMILES string of the molecule is CC(C)(C)c1ccc(N2c3ccc(C(C)(C)C)cc3B3c4ccc(N(c5ccccc5)c5ccccc5-c5ccccc5)cc4N(c4cccc(-c5cccc6c5oc5ccccc56)c4)c4cc(C(C)(C)C)cc2c43)cc1. The average molecular weight is 998 g/mol. The number of hydrogen-bond donors (Lipinski definition) is 0. The van der Waals surface area contributed by atoms with Crippen molar-refractivity contribution in [1.29, 1.82) is 0 Å². The van der Waals surface area contributed by atoms with Crippen LogP contribution in [-0.4, -0.2) is 6.71 Å². The number of furan rings is 1. The van der Waals surface area contributed by atoms with Gasteiger partial charge in [-0.3, -0.25) is 0 Å². The zero-order chi connectivity index (χ0) is 53.0. The minimum absolute atomic E-state index is 0.0175. The molecule has 4 nitrogen and oxygen atoms in total. The summed E-state index contributed by atoms with van der Waals surface area (Å²) in [5.74, 6) is 0. The van der Waals surface area contributed by atoms with Crippen LogP contribution in [0.5, 0.6) is 0 Å². The summed E-state index contributed by atoms with van der Waals surface area (Å²) in [4.78, 5) is 7.59. The highest BCUT2D eigenvalue weighted by atomic mass is 16.3. The van der Waals surface area contributed by atoms with Crippen molar-refractivity contribution in [3.8, 4) is 22.3 Å². The first-order chi connectivity index (χ1) is 37.1. The maximum Gasteiger partial charge on any atom is 0.252 e. The Morgan fingerprint density at radius 2 is 0.974 bits per heavy atom. The van der Waals surface area contributed by atoms with Crippen LogP contribution in [0.25, 0.3) is 44.2 Å². The van der Waals surface area contributed by atoms with E-state index in [2.05, 4.69) is 301 Å². The van der Waals surface area contributed by atoms with Crippen LogP contribution in [0.3, 0.4) is 0 Å². The van der Waals surface area contributed by atoms with Gasteiger partial charge in [0.25, 0.3) is 6.71 Å². The Morgan fingerprint density at radius 1 is 0.377 bits per heavy atom. The van der Waals surface area contributed by atoms with Crippen molar-refractivity contribution < 1.29 is 4.42 Å². The normalized spacial score (nSPS) is 13.2. The van der Waals surface area contributed by atoms with E-state index in [1.165, 1.54) is 55.7 Å². The molecular formula is C72H64BN3O. The van der Waals surface area contributed by atoms with E-state index in [1.807, 2.05) is 0 Å². The van der Waals surface area contributed by atoms with Crippen molar-refractivity contribution in [3.05, 3.63) is 241 Å². The lowest BCUT2D eigenvalue weighted by molar-refractivity contribution is 0.589. The second-order valence-electron chi connectivity index (χ2n) is 24.2. The smallest absolute Gasteiger partial charge is 0.252 e. The average Bonchev–Trinajstić information content (AvgIpc) is 4.02. The minimum atomic E-state index is -0.184. The molecule has 0 spiro atoms. The van der Waals surface area contributed by atoms with Gasteiger partial charge in [0.05, 0.1) is 5.69 Å². The Hall–Kier alpha value is -8.54. The highest BCUT2D eigenvalue weighted by Gasteiger charge is 2.45. The van der Waals surface area contributed by atoms with Crippen LogP contribution in [0, 0.1) is 0 Å². The first-order valence-electron chi connectivity index (χ1n) is 27.3. The molecule has 0 saturated heterocycles. The number of fused-ring (bicyclic) bond motifs is 7. The third-order valence-electron chi connectivity index (χ3n) is 16.1. The number of hydrogen-bond acceptors (Lipinski definition) is 4. The topological polar surface area (TPSA) is 22.9 Å². The summed E-state index contributed by atoms with van der Waals surface area (Å²) >= 11 is 0. The molecule has 3 heterocycles. The van der Waals surface area contributed by atoms with Crippen molar-refractivity contribution in [1.82, 2.24) is 0 Å². The predicted molar refractivity (Wildman–Crippen MR) is 329 cm³/mol. The monoisotopic (exact) mass is 998 g/mol. The van der Waals surface area contributed by atoms with E-state index in [1.54, 1.807) is 0 Å². The highest BCUT2D eigenvalue weighted by molar-refractivity contribution is 7.00. The lowest BCUT2D eigenvalue weighted by atomic mass is 9.33. The molecule has 1 aromatic heterocycles. The zero-order valence-electron chi connectivity index (χ0n) is 45.7. The zero-order valence-corrected chi connectivity index (χ0v) is 45.7. The summed E-state index contributed by atoms with van der Waals surface area (Å²) in [6, 6.07) is 83.4. The fraction of sp³-hybridized carbons (Fsp3) is 0.167. The third kappa shape index (κ3) is 8.23. The largest absolute Gasteiger partial charge is 0.455 e. The van der Waals surface area contributed by atoms with Crippen molar-refractivity contribution in [2.75, 3.05) is 14.7 Å². The highest BCUT2D eigenvalue weighted by Crippen LogP contribution is 2.50. The van der Waals surface area contributed by atoms with Gasteiger partial charge in [0.2, 0.25) is 0 Å². The molecular weight excluding hydrogens is 934 g/mol. The van der Waals surface area contributed by atoms with E-state index >= 15 is 0 Å². The Morgan fingerprint density at radius 3 is 1.70 bits per heavy atom. The summed E-state index contributed by atoms with van der Waals surface area (Å²) < 4.78 is 6.73. The van der Waals surface area contributed by atoms with E-state index in [-0.39, 0.29) is 23.0 Å². The molecule has 0 N–H and O–H groups in total. The van der Waals surface area contributed by atoms with Crippen LogP contribution in [0.4, 0.5) is 51.2 Å². The lowest BCUT2D eigenvalue weighted by Crippen LogP contribution is -2.61. The molecule has 2 aliphatic rings. The molecule has 0 aliphatic carbocycles. The molecule has 2 aliphatic heterocycles. The molecule has 0 saturated carbocycles. The van der Waals surface area contributed by atoms with Crippen LogP contribution in [-0.2, 0) is 16.2 Å². The predicted octanol–water partition coefficient (Wildman–Crippen LogP) is 18.4. The summed E-state index contributed by atoms with van der Waals surface area (Å²) in [5.41, 5.74) is 24.0. The van der Waals surface area contributed by atoms with Crippen LogP contribution in [0.2, 0.25) is 0 Å². The van der Waals surface area contributed by atoms with Gasteiger partial charge in [-0.25, -0.2) is 0 Å². The molecule has 10 aromatic carbocycles. The first-order valence-corrected chi connectivity index (χ1v) is 27.3. The van der Waals surface area contributed by atoms with Crippen molar-refractivity contribution in [2.45, 2.75) is 78.6 Å². The number of nitrogens with zero attached hydrogens (tertiary/aromatic N) is 3. The van der Waals surface area contributed by atoms with Crippen LogP contribution >= 0.6 is 0 Å². The maximum atomic E-state index is 6.73. The van der Waals surface area contributed by atoms with Gasteiger partial charge in [0, 0.05) is 67.4 Å². The second-order valence-corrected chi connectivity index (χ2v) is 24.2. The van der Waals surface area contributed by atoms with Gasteiger partial charge in [-0.2, -0.15) is 0 Å². The maximum absolute atomic E-state index is 6.73.